The second kappa shape index (κ2) is 7.41. The highest BCUT2D eigenvalue weighted by Gasteiger charge is 2.23. The van der Waals surface area contributed by atoms with Crippen molar-refractivity contribution >= 4 is 28.5 Å². The normalized spacial score (nSPS) is 16.4. The van der Waals surface area contributed by atoms with Gasteiger partial charge in [-0.3, -0.25) is 4.79 Å². The predicted octanol–water partition coefficient (Wildman–Crippen LogP) is 3.14. The molecule has 0 unspecified atom stereocenters. The van der Waals surface area contributed by atoms with Gasteiger partial charge in [0.05, 0.1) is 0 Å². The molecule has 0 aromatic heterocycles. The summed E-state index contributed by atoms with van der Waals surface area (Å²) >= 11 is 2.26. The molecule has 0 aliphatic carbocycles. The van der Waals surface area contributed by atoms with Gasteiger partial charge in [0, 0.05) is 21.7 Å². The van der Waals surface area contributed by atoms with Gasteiger partial charge in [-0.05, 0) is 92.6 Å². The fraction of sp³-hybridized carbons (Fsp3) is 0.562. The zero-order valence-electron chi connectivity index (χ0n) is 12.2. The Balaban J connectivity index is 2.07. The van der Waals surface area contributed by atoms with Crippen LogP contribution in [0, 0.1) is 9.49 Å². The molecule has 1 aliphatic rings. The number of nitrogens with one attached hydrogen (secondary N) is 1. The van der Waals surface area contributed by atoms with Crippen LogP contribution in [0.3, 0.4) is 0 Å². The van der Waals surface area contributed by atoms with Crippen LogP contribution in [0.5, 0.6) is 0 Å². The number of hydrogen-bond donors (Lipinski definition) is 1. The van der Waals surface area contributed by atoms with Crippen LogP contribution in [-0.2, 0) is 0 Å². The average molecular weight is 386 g/mol. The number of benzene rings is 1. The first kappa shape index (κ1) is 15.8. The van der Waals surface area contributed by atoms with E-state index in [0.29, 0.717) is 5.92 Å². The second-order valence-electron chi connectivity index (χ2n) is 5.75. The minimum atomic E-state index is 0.162. The van der Waals surface area contributed by atoms with Crippen molar-refractivity contribution in [3.8, 4) is 0 Å². The van der Waals surface area contributed by atoms with E-state index in [-0.39, 0.29) is 11.9 Å². The Morgan fingerprint density at radius 1 is 1.30 bits per heavy atom. The van der Waals surface area contributed by atoms with Crippen LogP contribution in [0.25, 0.3) is 0 Å². The van der Waals surface area contributed by atoms with E-state index in [1.807, 2.05) is 29.2 Å². The SMILES string of the molecule is CC(C)N(CC1CCNCC1)C(=O)c1ccc(I)cc1. The van der Waals surface area contributed by atoms with Crippen LogP contribution >= 0.6 is 22.6 Å². The second-order valence-corrected chi connectivity index (χ2v) is 7.00. The molecule has 0 bridgehead atoms. The number of carbonyl (C=O) groups excluding carboxylic acids is 1. The van der Waals surface area contributed by atoms with E-state index in [1.54, 1.807) is 0 Å². The third-order valence-electron chi connectivity index (χ3n) is 3.89. The molecule has 0 radical (unpaired) electrons. The lowest BCUT2D eigenvalue weighted by molar-refractivity contribution is 0.0658. The fourth-order valence-corrected chi connectivity index (χ4v) is 2.99. The summed E-state index contributed by atoms with van der Waals surface area (Å²) in [5.74, 6) is 0.793. The summed E-state index contributed by atoms with van der Waals surface area (Å²) in [6.45, 7) is 7.24. The summed E-state index contributed by atoms with van der Waals surface area (Å²) in [5, 5.41) is 3.38. The number of halogens is 1. The van der Waals surface area contributed by atoms with Crippen molar-refractivity contribution in [2.24, 2.45) is 5.92 Å². The number of amides is 1. The van der Waals surface area contributed by atoms with Gasteiger partial charge in [-0.25, -0.2) is 0 Å². The highest BCUT2D eigenvalue weighted by atomic mass is 127. The summed E-state index contributed by atoms with van der Waals surface area (Å²) in [6, 6.07) is 8.11. The van der Waals surface area contributed by atoms with Crippen LogP contribution < -0.4 is 5.32 Å². The molecule has 1 fully saturated rings. The first-order valence-electron chi connectivity index (χ1n) is 7.35. The quantitative estimate of drug-likeness (QED) is 0.807. The molecule has 1 saturated heterocycles. The molecule has 1 heterocycles. The van der Waals surface area contributed by atoms with Crippen molar-refractivity contribution in [2.75, 3.05) is 19.6 Å². The van der Waals surface area contributed by atoms with E-state index in [4.69, 9.17) is 0 Å². The van der Waals surface area contributed by atoms with Gasteiger partial charge in [0.1, 0.15) is 0 Å². The van der Waals surface area contributed by atoms with Crippen LogP contribution in [0.2, 0.25) is 0 Å². The Morgan fingerprint density at radius 3 is 2.45 bits per heavy atom. The summed E-state index contributed by atoms with van der Waals surface area (Å²) in [4.78, 5) is 14.7. The van der Waals surface area contributed by atoms with E-state index in [9.17, 15) is 4.79 Å². The van der Waals surface area contributed by atoms with Gasteiger partial charge in [-0.15, -0.1) is 0 Å². The molecule has 0 atom stereocenters. The number of piperidine rings is 1. The number of rotatable bonds is 4. The molecule has 0 spiro atoms. The molecule has 4 heteroatoms. The van der Waals surface area contributed by atoms with Gasteiger partial charge in [-0.1, -0.05) is 0 Å². The molecule has 1 amide bonds. The molecule has 3 nitrogen and oxygen atoms in total. The smallest absolute Gasteiger partial charge is 0.254 e. The molecule has 1 N–H and O–H groups in total. The van der Waals surface area contributed by atoms with Crippen molar-refractivity contribution in [3.63, 3.8) is 0 Å². The van der Waals surface area contributed by atoms with Crippen LogP contribution in [0.1, 0.15) is 37.0 Å². The highest BCUT2D eigenvalue weighted by Crippen LogP contribution is 2.18. The van der Waals surface area contributed by atoms with Crippen molar-refractivity contribution in [1.29, 1.82) is 0 Å². The maximum atomic E-state index is 12.7. The lowest BCUT2D eigenvalue weighted by atomic mass is 9.96. The summed E-state index contributed by atoms with van der Waals surface area (Å²) < 4.78 is 1.16. The molecular formula is C16H23IN2O. The summed E-state index contributed by atoms with van der Waals surface area (Å²) in [7, 11) is 0. The van der Waals surface area contributed by atoms with Gasteiger partial charge >= 0.3 is 0 Å². The van der Waals surface area contributed by atoms with Crippen LogP contribution in [0.4, 0.5) is 0 Å². The molecule has 0 saturated carbocycles. The van der Waals surface area contributed by atoms with Crippen molar-refractivity contribution in [2.45, 2.75) is 32.7 Å². The Hall–Kier alpha value is -0.620. The van der Waals surface area contributed by atoms with Gasteiger partial charge in [0.25, 0.3) is 5.91 Å². The van der Waals surface area contributed by atoms with Crippen LogP contribution in [0.15, 0.2) is 24.3 Å². The van der Waals surface area contributed by atoms with Gasteiger partial charge in [0.15, 0.2) is 0 Å². The lowest BCUT2D eigenvalue weighted by Gasteiger charge is -2.33. The molecular weight excluding hydrogens is 363 g/mol. The third-order valence-corrected chi connectivity index (χ3v) is 4.61. The minimum absolute atomic E-state index is 0.162. The molecule has 2 rings (SSSR count). The average Bonchev–Trinajstić information content (AvgIpc) is 2.45. The fourth-order valence-electron chi connectivity index (χ4n) is 2.63. The summed E-state index contributed by atoms with van der Waals surface area (Å²) in [6.07, 6.45) is 2.34. The van der Waals surface area contributed by atoms with Crippen LogP contribution in [-0.4, -0.2) is 36.5 Å². The van der Waals surface area contributed by atoms with E-state index in [2.05, 4.69) is 41.8 Å². The molecule has 1 aromatic rings. The van der Waals surface area contributed by atoms with E-state index in [0.717, 1.165) is 28.8 Å². The monoisotopic (exact) mass is 386 g/mol. The zero-order valence-corrected chi connectivity index (χ0v) is 14.4. The lowest BCUT2D eigenvalue weighted by Crippen LogP contribution is -2.42. The number of nitrogens with zero attached hydrogens (tertiary/aromatic N) is 1. The van der Waals surface area contributed by atoms with Gasteiger partial charge in [-0.2, -0.15) is 0 Å². The van der Waals surface area contributed by atoms with Crippen molar-refractivity contribution in [1.82, 2.24) is 10.2 Å². The number of hydrogen-bond acceptors (Lipinski definition) is 2. The predicted molar refractivity (Wildman–Crippen MR) is 90.9 cm³/mol. The molecule has 1 aliphatic heterocycles. The van der Waals surface area contributed by atoms with E-state index >= 15 is 0 Å². The van der Waals surface area contributed by atoms with E-state index < -0.39 is 0 Å². The Morgan fingerprint density at radius 2 is 1.90 bits per heavy atom. The Kier molecular flexibility index (Phi) is 5.84. The first-order valence-corrected chi connectivity index (χ1v) is 8.43. The maximum Gasteiger partial charge on any atom is 0.254 e. The van der Waals surface area contributed by atoms with Crippen molar-refractivity contribution < 1.29 is 4.79 Å². The Labute approximate surface area is 135 Å². The minimum Gasteiger partial charge on any atom is -0.336 e. The maximum absolute atomic E-state index is 12.7. The third kappa shape index (κ3) is 4.19. The van der Waals surface area contributed by atoms with Gasteiger partial charge in [0.2, 0.25) is 0 Å². The Bertz CT molecular complexity index is 438. The van der Waals surface area contributed by atoms with Gasteiger partial charge < -0.3 is 10.2 Å². The zero-order chi connectivity index (χ0) is 14.5. The largest absolute Gasteiger partial charge is 0.336 e. The highest BCUT2D eigenvalue weighted by molar-refractivity contribution is 14.1. The van der Waals surface area contributed by atoms with Crippen molar-refractivity contribution in [3.05, 3.63) is 33.4 Å². The molecule has 20 heavy (non-hydrogen) atoms. The summed E-state index contributed by atoms with van der Waals surface area (Å²) in [5.41, 5.74) is 0.799. The standard InChI is InChI=1S/C16H23IN2O/c1-12(2)19(11-13-7-9-18-10-8-13)16(20)14-3-5-15(17)6-4-14/h3-6,12-13,18H,7-11H2,1-2H3. The topological polar surface area (TPSA) is 32.3 Å². The molecule has 1 aromatic carbocycles. The first-order chi connectivity index (χ1) is 9.58. The number of carbonyl (C=O) groups is 1. The van der Waals surface area contributed by atoms with E-state index in [1.165, 1.54) is 12.8 Å². The molecule has 110 valence electrons.